The van der Waals surface area contributed by atoms with Crippen molar-refractivity contribution in [3.63, 3.8) is 0 Å². The molecule has 10 nitrogen and oxygen atoms in total. The van der Waals surface area contributed by atoms with E-state index in [0.29, 0.717) is 18.4 Å². The maximum Gasteiger partial charge on any atom is 0.311 e. The van der Waals surface area contributed by atoms with Crippen molar-refractivity contribution >= 4 is 5.97 Å². The van der Waals surface area contributed by atoms with Gasteiger partial charge in [-0.1, -0.05) is 74.4 Å². The number of hydrogen-bond acceptors (Lipinski definition) is 10. The molecule has 10 atom stereocenters. The van der Waals surface area contributed by atoms with E-state index in [2.05, 4.69) is 0 Å². The number of aliphatic hydroxyl groups is 8. The van der Waals surface area contributed by atoms with Gasteiger partial charge in [-0.2, -0.15) is 0 Å². The molecular weight excluding hydrogens is 556 g/mol. The van der Waals surface area contributed by atoms with Crippen LogP contribution in [-0.2, 0) is 9.53 Å². The Morgan fingerprint density at radius 3 is 1.70 bits per heavy atom. The number of carbonyl (C=O) groups excluding carboxylic acids is 1. The Morgan fingerprint density at radius 1 is 0.698 bits per heavy atom. The summed E-state index contributed by atoms with van der Waals surface area (Å²) < 4.78 is 5.45. The maximum absolute atomic E-state index is 12.9. The van der Waals surface area contributed by atoms with Crippen molar-refractivity contribution in [2.24, 2.45) is 5.92 Å². The number of allylic oxidation sites excluding steroid dienone is 8. The molecule has 43 heavy (non-hydrogen) atoms. The fourth-order valence-corrected chi connectivity index (χ4v) is 4.83. The van der Waals surface area contributed by atoms with Gasteiger partial charge in [0.15, 0.2) is 0 Å². The van der Waals surface area contributed by atoms with E-state index in [9.17, 15) is 45.6 Å². The highest BCUT2D eigenvalue weighted by Crippen LogP contribution is 2.23. The predicted octanol–water partition coefficient (Wildman–Crippen LogP) is 2.14. The lowest BCUT2D eigenvalue weighted by molar-refractivity contribution is -0.162. The number of hydrogen-bond donors (Lipinski definition) is 8. The van der Waals surface area contributed by atoms with E-state index in [-0.39, 0.29) is 38.5 Å². The molecular formula is C33H54O10. The van der Waals surface area contributed by atoms with Crippen molar-refractivity contribution in [3.8, 4) is 0 Å². The average Bonchev–Trinajstić information content (AvgIpc) is 2.90. The van der Waals surface area contributed by atoms with E-state index in [1.165, 1.54) is 6.08 Å². The SMILES string of the molecule is CCCC[C@H]1C(=O)O[C@@H](C)[C@@H](O)C=CC=CC=CC=CC=C(C)[C@H](O)C[C@H](O)C[C@H](O)C[C@H](O)C[C@H](O)C[C@@H](O)C[C@H]1O. The van der Waals surface area contributed by atoms with Crippen LogP contribution < -0.4 is 0 Å². The van der Waals surface area contributed by atoms with Crippen molar-refractivity contribution in [3.05, 3.63) is 60.3 Å². The van der Waals surface area contributed by atoms with Crippen LogP contribution in [0.5, 0.6) is 0 Å². The van der Waals surface area contributed by atoms with Crippen LogP contribution in [0.3, 0.4) is 0 Å². The number of carbonyl (C=O) groups is 1. The molecule has 1 aliphatic heterocycles. The summed E-state index contributed by atoms with van der Waals surface area (Å²) in [5, 5.41) is 83.5. The highest BCUT2D eigenvalue weighted by molar-refractivity contribution is 5.73. The zero-order valence-corrected chi connectivity index (χ0v) is 25.7. The normalized spacial score (nSPS) is 35.5. The highest BCUT2D eigenvalue weighted by atomic mass is 16.6. The van der Waals surface area contributed by atoms with Crippen LogP contribution in [0.4, 0.5) is 0 Å². The van der Waals surface area contributed by atoms with E-state index < -0.39 is 66.8 Å². The van der Waals surface area contributed by atoms with Crippen LogP contribution in [0.15, 0.2) is 60.3 Å². The summed E-state index contributed by atoms with van der Waals surface area (Å²) >= 11 is 0. The molecule has 8 N–H and O–H groups in total. The third-order valence-electron chi connectivity index (χ3n) is 7.46. The largest absolute Gasteiger partial charge is 0.459 e. The quantitative estimate of drug-likeness (QED) is 0.220. The molecule has 0 aromatic rings. The Balaban J connectivity index is 3.06. The molecule has 0 radical (unpaired) electrons. The first-order valence-corrected chi connectivity index (χ1v) is 15.3. The summed E-state index contributed by atoms with van der Waals surface area (Å²) in [4.78, 5) is 12.9. The van der Waals surface area contributed by atoms with Crippen molar-refractivity contribution < 1.29 is 50.4 Å². The molecule has 0 spiro atoms. The number of unbranched alkanes of at least 4 members (excludes halogenated alkanes) is 1. The van der Waals surface area contributed by atoms with Gasteiger partial charge < -0.3 is 45.6 Å². The molecule has 0 aliphatic carbocycles. The second kappa shape index (κ2) is 21.5. The summed E-state index contributed by atoms with van der Waals surface area (Å²) in [7, 11) is 0. The van der Waals surface area contributed by atoms with Crippen LogP contribution in [0.25, 0.3) is 0 Å². The van der Waals surface area contributed by atoms with E-state index >= 15 is 0 Å². The van der Waals surface area contributed by atoms with Gasteiger partial charge in [-0.3, -0.25) is 4.79 Å². The molecule has 1 heterocycles. The van der Waals surface area contributed by atoms with Crippen molar-refractivity contribution in [1.82, 2.24) is 0 Å². The Hall–Kier alpha value is -2.15. The van der Waals surface area contributed by atoms with Gasteiger partial charge in [0, 0.05) is 12.8 Å². The van der Waals surface area contributed by atoms with Crippen LogP contribution in [0.2, 0.25) is 0 Å². The van der Waals surface area contributed by atoms with Crippen molar-refractivity contribution in [2.45, 2.75) is 133 Å². The minimum atomic E-state index is -1.25. The Morgan fingerprint density at radius 2 is 1.16 bits per heavy atom. The number of aliphatic hydroxyl groups excluding tert-OH is 8. The topological polar surface area (TPSA) is 188 Å². The first kappa shape index (κ1) is 38.9. The van der Waals surface area contributed by atoms with Crippen LogP contribution in [0, 0.1) is 5.92 Å². The molecule has 0 saturated heterocycles. The van der Waals surface area contributed by atoms with E-state index in [0.717, 1.165) is 6.42 Å². The third kappa shape index (κ3) is 17.1. The predicted molar refractivity (Wildman–Crippen MR) is 165 cm³/mol. The Labute approximate surface area is 256 Å². The summed E-state index contributed by atoms with van der Waals surface area (Å²) in [6, 6.07) is 0. The van der Waals surface area contributed by atoms with Crippen LogP contribution in [-0.4, -0.2) is 102 Å². The first-order chi connectivity index (χ1) is 20.3. The molecule has 0 amide bonds. The molecule has 0 fully saturated rings. The molecule has 0 bridgehead atoms. The van der Waals surface area contributed by atoms with E-state index in [1.54, 1.807) is 62.5 Å². The number of esters is 1. The second-order valence-corrected chi connectivity index (χ2v) is 11.6. The molecule has 10 heteroatoms. The smallest absolute Gasteiger partial charge is 0.311 e. The summed E-state index contributed by atoms with van der Waals surface area (Å²) in [5.41, 5.74) is 0.622. The molecule has 0 aromatic heterocycles. The summed E-state index contributed by atoms with van der Waals surface area (Å²) in [5.74, 6) is -1.62. The monoisotopic (exact) mass is 610 g/mol. The maximum atomic E-state index is 12.9. The number of cyclic esters (lactones) is 1. The third-order valence-corrected chi connectivity index (χ3v) is 7.46. The lowest BCUT2D eigenvalue weighted by Gasteiger charge is -2.27. The fraction of sp³-hybridized carbons (Fsp3) is 0.667. The van der Waals surface area contributed by atoms with Crippen LogP contribution >= 0.6 is 0 Å². The molecule has 246 valence electrons. The van der Waals surface area contributed by atoms with Crippen molar-refractivity contribution in [1.29, 1.82) is 0 Å². The fourth-order valence-electron chi connectivity index (χ4n) is 4.83. The summed E-state index contributed by atoms with van der Waals surface area (Å²) in [6.45, 7) is 5.21. The van der Waals surface area contributed by atoms with Gasteiger partial charge >= 0.3 is 5.97 Å². The zero-order valence-electron chi connectivity index (χ0n) is 25.7. The van der Waals surface area contributed by atoms with E-state index in [1.807, 2.05) is 6.92 Å². The Kier molecular flexibility index (Phi) is 19.5. The van der Waals surface area contributed by atoms with Gasteiger partial charge in [0.05, 0.1) is 48.6 Å². The molecule has 0 aromatic carbocycles. The molecule has 0 unspecified atom stereocenters. The van der Waals surface area contributed by atoms with Gasteiger partial charge in [0.2, 0.25) is 0 Å². The average molecular weight is 611 g/mol. The van der Waals surface area contributed by atoms with Gasteiger partial charge in [-0.15, -0.1) is 0 Å². The zero-order chi connectivity index (χ0) is 32.4. The van der Waals surface area contributed by atoms with Crippen LogP contribution in [0.1, 0.15) is 78.6 Å². The lowest BCUT2D eigenvalue weighted by Crippen LogP contribution is -2.37. The number of rotatable bonds is 3. The minimum Gasteiger partial charge on any atom is -0.459 e. The van der Waals surface area contributed by atoms with Gasteiger partial charge in [-0.05, 0) is 51.5 Å². The van der Waals surface area contributed by atoms with Crippen molar-refractivity contribution in [2.75, 3.05) is 0 Å². The minimum absolute atomic E-state index is 0.00262. The molecule has 1 aliphatic rings. The van der Waals surface area contributed by atoms with Gasteiger partial charge in [0.25, 0.3) is 0 Å². The highest BCUT2D eigenvalue weighted by Gasteiger charge is 2.32. The lowest BCUT2D eigenvalue weighted by atomic mass is 9.90. The Bertz CT molecular complexity index is 927. The second-order valence-electron chi connectivity index (χ2n) is 11.6. The summed E-state index contributed by atoms with van der Waals surface area (Å²) in [6.07, 6.45) is 6.60. The first-order valence-electron chi connectivity index (χ1n) is 15.3. The standard InChI is InChI=1S/C33H54O10/c1-4-5-14-29-32(41)21-28(38)19-26(36)17-24(34)16-25(35)18-27(37)20-31(40)22(2)13-11-9-7-6-8-10-12-15-30(39)23(3)43-33(29)42/h6-13,15,23-32,34-41H,4-5,14,16-21H2,1-3H3/t23-,24-,25+,26-,27+,28+,29+,30-,31+,32+/m0/s1. The van der Waals surface area contributed by atoms with Gasteiger partial charge in [-0.25, -0.2) is 0 Å². The van der Waals surface area contributed by atoms with Gasteiger partial charge in [0.1, 0.15) is 12.2 Å². The number of ether oxygens (including phenoxy) is 1. The molecule has 0 saturated carbocycles. The molecule has 1 rings (SSSR count). The van der Waals surface area contributed by atoms with E-state index in [4.69, 9.17) is 4.74 Å².